The van der Waals surface area contributed by atoms with E-state index in [0.717, 1.165) is 32.4 Å². The molecule has 0 saturated heterocycles. The van der Waals surface area contributed by atoms with Crippen molar-refractivity contribution < 1.29 is 18.3 Å². The molecule has 0 spiro atoms. The zero-order valence-corrected chi connectivity index (χ0v) is 16.4. The number of rotatable bonds is 10. The van der Waals surface area contributed by atoms with E-state index >= 15 is 0 Å². The number of nitrogens with zero attached hydrogens (tertiary/aromatic N) is 1. The molecule has 0 unspecified atom stereocenters. The largest absolute Gasteiger partial charge is 0.434 e. The summed E-state index contributed by atoms with van der Waals surface area (Å²) in [6.45, 7) is -0.917. The molecular weight excluding hydrogens is 431 g/mol. The molecule has 5 nitrogen and oxygen atoms in total. The summed E-state index contributed by atoms with van der Waals surface area (Å²) in [4.78, 5) is 4.11. The van der Waals surface area contributed by atoms with E-state index < -0.39 is 6.61 Å². The first-order chi connectivity index (χ1) is 11.2. The van der Waals surface area contributed by atoms with Gasteiger partial charge in [0.25, 0.3) is 0 Å². The van der Waals surface area contributed by atoms with Crippen LogP contribution in [0.1, 0.15) is 24.8 Å². The minimum absolute atomic E-state index is 0. The highest BCUT2D eigenvalue weighted by atomic mass is 127. The Balaban J connectivity index is 0.00000529. The quantitative estimate of drug-likeness (QED) is 0.245. The Morgan fingerprint density at radius 1 is 1.17 bits per heavy atom. The molecule has 0 atom stereocenters. The average Bonchev–Trinajstić information content (AvgIpc) is 2.54. The molecule has 0 aliphatic heterocycles. The fraction of sp³-hybridized carbons (Fsp3) is 0.562. The van der Waals surface area contributed by atoms with Gasteiger partial charge >= 0.3 is 6.61 Å². The van der Waals surface area contributed by atoms with Crippen LogP contribution in [0.2, 0.25) is 0 Å². The van der Waals surface area contributed by atoms with E-state index in [9.17, 15) is 8.78 Å². The van der Waals surface area contributed by atoms with Gasteiger partial charge in [-0.25, -0.2) is 0 Å². The molecule has 0 aromatic heterocycles. The van der Waals surface area contributed by atoms with E-state index in [1.165, 1.54) is 6.07 Å². The fourth-order valence-corrected chi connectivity index (χ4v) is 2.02. The van der Waals surface area contributed by atoms with Gasteiger partial charge in [-0.2, -0.15) is 8.78 Å². The lowest BCUT2D eigenvalue weighted by Gasteiger charge is -2.14. The molecule has 1 aromatic carbocycles. The Kier molecular flexibility index (Phi) is 13.5. The van der Waals surface area contributed by atoms with Crippen molar-refractivity contribution in [1.29, 1.82) is 0 Å². The monoisotopic (exact) mass is 457 g/mol. The molecule has 0 amide bonds. The van der Waals surface area contributed by atoms with E-state index in [0.29, 0.717) is 18.1 Å². The van der Waals surface area contributed by atoms with E-state index in [2.05, 4.69) is 20.4 Å². The van der Waals surface area contributed by atoms with Crippen LogP contribution in [0.5, 0.6) is 5.75 Å². The highest BCUT2D eigenvalue weighted by molar-refractivity contribution is 14.0. The van der Waals surface area contributed by atoms with Gasteiger partial charge in [0.1, 0.15) is 5.75 Å². The molecule has 0 bridgehead atoms. The van der Waals surface area contributed by atoms with Crippen molar-refractivity contribution in [3.63, 3.8) is 0 Å². The average molecular weight is 457 g/mol. The van der Waals surface area contributed by atoms with Gasteiger partial charge in [-0.05, 0) is 25.3 Å². The number of hydrogen-bond acceptors (Lipinski definition) is 3. The van der Waals surface area contributed by atoms with Crippen LogP contribution >= 0.6 is 24.0 Å². The van der Waals surface area contributed by atoms with Crippen molar-refractivity contribution in [1.82, 2.24) is 10.6 Å². The van der Waals surface area contributed by atoms with Gasteiger partial charge in [0.05, 0.1) is 0 Å². The maximum atomic E-state index is 12.4. The first-order valence-corrected chi connectivity index (χ1v) is 7.63. The SMILES string of the molecule is CN=C(NCCCCCOC)NCc1ccccc1OC(F)F.I. The number of benzene rings is 1. The summed E-state index contributed by atoms with van der Waals surface area (Å²) in [5, 5.41) is 6.28. The maximum Gasteiger partial charge on any atom is 0.387 e. The molecule has 0 heterocycles. The lowest BCUT2D eigenvalue weighted by molar-refractivity contribution is -0.0504. The van der Waals surface area contributed by atoms with Gasteiger partial charge in [0, 0.05) is 39.4 Å². The Morgan fingerprint density at radius 3 is 2.58 bits per heavy atom. The molecule has 0 radical (unpaired) electrons. The second-order valence-electron chi connectivity index (χ2n) is 4.89. The van der Waals surface area contributed by atoms with Crippen LogP contribution in [-0.2, 0) is 11.3 Å². The maximum absolute atomic E-state index is 12.4. The second kappa shape index (κ2) is 14.2. The van der Waals surface area contributed by atoms with Crippen LogP contribution in [0, 0.1) is 0 Å². The first-order valence-electron chi connectivity index (χ1n) is 7.63. The first kappa shape index (κ1) is 22.8. The van der Waals surface area contributed by atoms with Crippen molar-refractivity contribution in [2.45, 2.75) is 32.4 Å². The summed E-state index contributed by atoms with van der Waals surface area (Å²) in [5.41, 5.74) is 0.649. The molecule has 8 heteroatoms. The summed E-state index contributed by atoms with van der Waals surface area (Å²) in [5.74, 6) is 0.800. The lowest BCUT2D eigenvalue weighted by Crippen LogP contribution is -2.37. The van der Waals surface area contributed by atoms with Gasteiger partial charge in [0.15, 0.2) is 5.96 Å². The van der Waals surface area contributed by atoms with E-state index in [1.807, 2.05) is 0 Å². The smallest absolute Gasteiger partial charge is 0.387 e. The number of aliphatic imine (C=N–C) groups is 1. The van der Waals surface area contributed by atoms with Crippen LogP contribution in [0.3, 0.4) is 0 Å². The van der Waals surface area contributed by atoms with Crippen molar-refractivity contribution in [3.8, 4) is 5.75 Å². The molecule has 1 rings (SSSR count). The van der Waals surface area contributed by atoms with Crippen molar-refractivity contribution in [2.75, 3.05) is 27.3 Å². The van der Waals surface area contributed by atoms with Crippen LogP contribution in [0.15, 0.2) is 29.3 Å². The molecule has 2 N–H and O–H groups in total. The standard InChI is InChI=1S/C16H25F2N3O2.HI/c1-19-16(20-10-6-3-7-11-22-2)21-12-13-8-4-5-9-14(13)23-15(17)18;/h4-5,8-9,15H,3,6-7,10-12H2,1-2H3,(H2,19,20,21);1H. The number of hydrogen-bond donors (Lipinski definition) is 2. The van der Waals surface area contributed by atoms with Gasteiger partial charge in [-0.3, -0.25) is 4.99 Å². The molecule has 24 heavy (non-hydrogen) atoms. The molecule has 1 aromatic rings. The Bertz CT molecular complexity index is 476. The van der Waals surface area contributed by atoms with E-state index in [4.69, 9.17) is 4.74 Å². The van der Waals surface area contributed by atoms with Gasteiger partial charge in [0.2, 0.25) is 0 Å². The third-order valence-electron chi connectivity index (χ3n) is 3.18. The van der Waals surface area contributed by atoms with Crippen molar-refractivity contribution >= 4 is 29.9 Å². The Hall–Kier alpha value is -1.16. The number of halogens is 3. The number of guanidine groups is 1. The molecule has 0 aliphatic rings. The molecular formula is C16H26F2IN3O2. The number of ether oxygens (including phenoxy) is 2. The molecule has 138 valence electrons. The Labute approximate surface area is 159 Å². The van der Waals surface area contributed by atoms with Gasteiger partial charge < -0.3 is 20.1 Å². The van der Waals surface area contributed by atoms with Gasteiger partial charge in [-0.15, -0.1) is 24.0 Å². The number of para-hydroxylation sites is 1. The number of unbranched alkanes of at least 4 members (excludes halogenated alkanes) is 2. The van der Waals surface area contributed by atoms with E-state index in [-0.39, 0.29) is 29.7 Å². The normalized spacial score (nSPS) is 11.1. The number of methoxy groups -OCH3 is 1. The highest BCUT2D eigenvalue weighted by Gasteiger charge is 2.09. The predicted octanol–water partition coefficient (Wildman–Crippen LogP) is 3.39. The van der Waals surface area contributed by atoms with Crippen LogP contribution in [0.4, 0.5) is 8.78 Å². The fourth-order valence-electron chi connectivity index (χ4n) is 2.02. The van der Waals surface area contributed by atoms with E-state index in [1.54, 1.807) is 32.4 Å². The van der Waals surface area contributed by atoms with Crippen molar-refractivity contribution in [3.05, 3.63) is 29.8 Å². The lowest BCUT2D eigenvalue weighted by atomic mass is 10.2. The minimum Gasteiger partial charge on any atom is -0.434 e. The zero-order chi connectivity index (χ0) is 16.9. The third-order valence-corrected chi connectivity index (χ3v) is 3.18. The summed E-state index contributed by atoms with van der Waals surface area (Å²) in [6.07, 6.45) is 3.11. The number of alkyl halides is 2. The van der Waals surface area contributed by atoms with Crippen LogP contribution < -0.4 is 15.4 Å². The number of nitrogens with one attached hydrogen (secondary N) is 2. The summed E-state index contributed by atoms with van der Waals surface area (Å²) in [6, 6.07) is 6.70. The zero-order valence-electron chi connectivity index (χ0n) is 14.1. The summed E-state index contributed by atoms with van der Waals surface area (Å²) in [7, 11) is 3.36. The summed E-state index contributed by atoms with van der Waals surface area (Å²) >= 11 is 0. The van der Waals surface area contributed by atoms with Crippen molar-refractivity contribution in [2.24, 2.45) is 4.99 Å². The van der Waals surface area contributed by atoms with Crippen LogP contribution in [0.25, 0.3) is 0 Å². The predicted molar refractivity (Wildman–Crippen MR) is 102 cm³/mol. The Morgan fingerprint density at radius 2 is 1.92 bits per heavy atom. The summed E-state index contributed by atoms with van der Waals surface area (Å²) < 4.78 is 34.2. The minimum atomic E-state index is -2.83. The van der Waals surface area contributed by atoms with Gasteiger partial charge in [-0.1, -0.05) is 18.2 Å². The molecule has 0 saturated carbocycles. The highest BCUT2D eigenvalue weighted by Crippen LogP contribution is 2.19. The second-order valence-corrected chi connectivity index (χ2v) is 4.89. The van der Waals surface area contributed by atoms with Crippen LogP contribution in [-0.4, -0.2) is 39.9 Å². The topological polar surface area (TPSA) is 54.9 Å². The molecule has 0 aliphatic carbocycles. The molecule has 0 fully saturated rings. The third kappa shape index (κ3) is 9.86.